The molecule has 19 heteroatoms. The Morgan fingerprint density at radius 3 is 1.12 bits per heavy atom. The van der Waals surface area contributed by atoms with Gasteiger partial charge < -0.3 is 71.1 Å². The predicted molar refractivity (Wildman–Crippen MR) is 410 cm³/mol. The summed E-state index contributed by atoms with van der Waals surface area (Å²) in [4.78, 5) is 59.8. The summed E-state index contributed by atoms with van der Waals surface area (Å²) < 4.78 is 105. The van der Waals surface area contributed by atoms with Gasteiger partial charge in [-0.25, -0.2) is 19.2 Å². The summed E-state index contributed by atoms with van der Waals surface area (Å²) >= 11 is 0. The summed E-state index contributed by atoms with van der Waals surface area (Å²) in [6.45, 7) is -0.823. The second kappa shape index (κ2) is 39.2. The Morgan fingerprint density at radius 2 is 0.631 bits per heavy atom. The van der Waals surface area contributed by atoms with Gasteiger partial charge in [-0.3, -0.25) is 0 Å². The van der Waals surface area contributed by atoms with Gasteiger partial charge >= 0.3 is 23.9 Å². The standard InChI is InChI=1S/C92H86O19/c93-87(70-41-20-6-21-42-70)104-62-78-82(108-89(95)72-45-24-8-25-46-72)84(85(103-57-67-38-18-5-19-39-67)91(107-78)110-81-77(105-88(94)71-43-22-7-23-44-71)61-99-75(59-97-53-63-30-10-1-11-31-63)79(81)100-55-65-34-14-3-15-35-65)111-92-86(109-90(96)73-47-26-9-27-48-73)83(102-58-68-50-51-69-40-28-29-49-74(69)52-68)80(101-56-66-36-16-4-17-37-66)76(106-92)60-98-54-64-32-12-2-13-33-64/h1-52,75-86,91-92H,53-62H2/t75?,76?,77-,78?,79?,80?,81?,82?,83?,84?,85?,86?,91?,92?/m1/s1. The normalized spacial score (nSPS) is 23.0. The smallest absolute Gasteiger partial charge is 0.338 e. The Labute approximate surface area is 644 Å². The SMILES string of the molecule is O=C(OCC1OC(OC2C(OCc3ccccc3)C(COCc3ccccc3)OC[C@H]2OC(=O)c2ccccc2)C(OCc2ccccc2)C(OC2OC(COCc3ccccc3)C(OCc3ccccc3)C(OCc3ccc4ccccc4c3)C2OC(=O)c2ccccc2)C1OC(=O)c1ccccc1)c1ccccc1. The van der Waals surface area contributed by atoms with Crippen molar-refractivity contribution in [3.8, 4) is 0 Å². The van der Waals surface area contributed by atoms with Gasteiger partial charge in [0.2, 0.25) is 0 Å². The molecular formula is C92H86O19. The first kappa shape index (κ1) is 76.9. The molecule has 0 bridgehead atoms. The molecule has 0 spiro atoms. The van der Waals surface area contributed by atoms with E-state index in [1.807, 2.05) is 194 Å². The van der Waals surface area contributed by atoms with Crippen molar-refractivity contribution in [3.05, 3.63) is 371 Å². The fraction of sp³-hybridized carbons (Fsp3) is 0.261. The Bertz CT molecular complexity index is 4670. The van der Waals surface area contributed by atoms with Crippen LogP contribution in [0.15, 0.2) is 315 Å². The van der Waals surface area contributed by atoms with Gasteiger partial charge in [0.15, 0.2) is 30.9 Å². The summed E-state index contributed by atoms with van der Waals surface area (Å²) in [5.74, 6) is -3.06. The minimum atomic E-state index is -1.74. The molecule has 0 aromatic heterocycles. The molecule has 11 aromatic carbocycles. The van der Waals surface area contributed by atoms with Crippen LogP contribution in [0.2, 0.25) is 0 Å². The van der Waals surface area contributed by atoms with Crippen LogP contribution in [0.3, 0.4) is 0 Å². The molecule has 568 valence electrons. The molecule has 13 unspecified atom stereocenters. The third-order valence-electron chi connectivity index (χ3n) is 19.4. The van der Waals surface area contributed by atoms with Crippen molar-refractivity contribution >= 4 is 34.6 Å². The monoisotopic (exact) mass is 1490 g/mol. The molecule has 0 N–H and O–H groups in total. The maximum absolute atomic E-state index is 15.3. The third kappa shape index (κ3) is 21.0. The van der Waals surface area contributed by atoms with E-state index in [2.05, 4.69) is 0 Å². The molecular weight excluding hydrogens is 1410 g/mol. The molecule has 111 heavy (non-hydrogen) atoms. The summed E-state index contributed by atoms with van der Waals surface area (Å²) in [6, 6.07) is 95.5. The van der Waals surface area contributed by atoms with Gasteiger partial charge in [-0.1, -0.05) is 261 Å². The highest BCUT2D eigenvalue weighted by Crippen LogP contribution is 2.40. The van der Waals surface area contributed by atoms with Crippen LogP contribution in [-0.4, -0.2) is 136 Å². The minimum absolute atomic E-state index is 0.0164. The average Bonchev–Trinajstić information content (AvgIpc) is 0.758. The molecule has 0 amide bonds. The largest absolute Gasteiger partial charge is 0.459 e. The molecule has 3 fully saturated rings. The number of carbonyl (C=O) groups excluding carboxylic acids is 4. The lowest BCUT2D eigenvalue weighted by molar-refractivity contribution is -0.380. The molecule has 14 rings (SSSR count). The van der Waals surface area contributed by atoms with Crippen molar-refractivity contribution < 1.29 is 90.2 Å². The van der Waals surface area contributed by atoms with Gasteiger partial charge in [0.25, 0.3) is 0 Å². The van der Waals surface area contributed by atoms with E-state index in [4.69, 9.17) is 71.1 Å². The highest BCUT2D eigenvalue weighted by molar-refractivity contribution is 5.91. The maximum atomic E-state index is 15.3. The first-order chi connectivity index (χ1) is 54.7. The summed E-state index contributed by atoms with van der Waals surface area (Å²) in [6.07, 6.45) is -19.6. The second-order valence-corrected chi connectivity index (χ2v) is 27.1. The van der Waals surface area contributed by atoms with E-state index in [1.165, 1.54) is 0 Å². The summed E-state index contributed by atoms with van der Waals surface area (Å²) in [5, 5.41) is 1.97. The van der Waals surface area contributed by atoms with E-state index >= 15 is 9.59 Å². The third-order valence-corrected chi connectivity index (χ3v) is 19.4. The fourth-order valence-corrected chi connectivity index (χ4v) is 13.7. The molecule has 14 atom stereocenters. The molecule has 3 saturated heterocycles. The zero-order valence-electron chi connectivity index (χ0n) is 60.9. The number of fused-ring (bicyclic) bond motifs is 1. The Morgan fingerprint density at radius 1 is 0.279 bits per heavy atom. The van der Waals surface area contributed by atoms with E-state index in [0.717, 1.165) is 38.6 Å². The van der Waals surface area contributed by atoms with Crippen molar-refractivity contribution in [2.24, 2.45) is 0 Å². The minimum Gasteiger partial charge on any atom is -0.459 e. The highest BCUT2D eigenvalue weighted by atomic mass is 16.8. The summed E-state index contributed by atoms with van der Waals surface area (Å²) in [7, 11) is 0. The predicted octanol–water partition coefficient (Wildman–Crippen LogP) is 15.1. The first-order valence-corrected chi connectivity index (χ1v) is 37.2. The number of carbonyl (C=O) groups is 4. The number of hydrogen-bond donors (Lipinski definition) is 0. The van der Waals surface area contributed by atoms with Crippen LogP contribution in [0.5, 0.6) is 0 Å². The van der Waals surface area contributed by atoms with Crippen LogP contribution in [0.25, 0.3) is 10.8 Å². The van der Waals surface area contributed by atoms with Crippen LogP contribution in [0.1, 0.15) is 74.8 Å². The zero-order chi connectivity index (χ0) is 75.8. The molecule has 11 aromatic rings. The lowest BCUT2D eigenvalue weighted by Crippen LogP contribution is -2.68. The van der Waals surface area contributed by atoms with Crippen molar-refractivity contribution in [2.45, 2.75) is 125 Å². The Kier molecular flexibility index (Phi) is 27.1. The van der Waals surface area contributed by atoms with Crippen molar-refractivity contribution in [1.29, 1.82) is 0 Å². The van der Waals surface area contributed by atoms with Crippen molar-refractivity contribution in [3.63, 3.8) is 0 Å². The van der Waals surface area contributed by atoms with Crippen LogP contribution in [0, 0.1) is 0 Å². The number of hydrogen-bond acceptors (Lipinski definition) is 19. The average molecular weight is 1500 g/mol. The maximum Gasteiger partial charge on any atom is 0.338 e. The van der Waals surface area contributed by atoms with Crippen LogP contribution in [0.4, 0.5) is 0 Å². The van der Waals surface area contributed by atoms with Crippen molar-refractivity contribution in [2.75, 3.05) is 26.4 Å². The molecule has 0 saturated carbocycles. The van der Waals surface area contributed by atoms with E-state index in [0.29, 0.717) is 5.56 Å². The van der Waals surface area contributed by atoms with Crippen LogP contribution >= 0.6 is 0 Å². The molecule has 0 aliphatic carbocycles. The lowest BCUT2D eigenvalue weighted by Gasteiger charge is -2.51. The van der Waals surface area contributed by atoms with Gasteiger partial charge in [-0.05, 0) is 98.8 Å². The molecule has 3 aliphatic heterocycles. The fourth-order valence-electron chi connectivity index (χ4n) is 13.7. The topological polar surface area (TPSA) is 207 Å². The lowest BCUT2D eigenvalue weighted by atomic mass is 9.95. The van der Waals surface area contributed by atoms with Crippen LogP contribution < -0.4 is 0 Å². The molecule has 19 nitrogen and oxygen atoms in total. The Hall–Kier alpha value is -10.9. The van der Waals surface area contributed by atoms with Gasteiger partial charge in [0.05, 0.1) is 81.7 Å². The molecule has 3 heterocycles. The summed E-state index contributed by atoms with van der Waals surface area (Å²) in [5.41, 5.74) is 5.63. The highest BCUT2D eigenvalue weighted by Gasteiger charge is 2.58. The van der Waals surface area contributed by atoms with Crippen molar-refractivity contribution in [1.82, 2.24) is 0 Å². The van der Waals surface area contributed by atoms with Gasteiger partial charge in [0, 0.05) is 0 Å². The van der Waals surface area contributed by atoms with Gasteiger partial charge in [-0.2, -0.15) is 0 Å². The van der Waals surface area contributed by atoms with Crippen LogP contribution in [-0.2, 0) is 111 Å². The van der Waals surface area contributed by atoms with E-state index in [1.54, 1.807) is 121 Å². The first-order valence-electron chi connectivity index (χ1n) is 37.2. The second-order valence-electron chi connectivity index (χ2n) is 27.1. The van der Waals surface area contributed by atoms with E-state index in [9.17, 15) is 9.59 Å². The molecule has 3 aliphatic rings. The Balaban J connectivity index is 0.931. The van der Waals surface area contributed by atoms with Gasteiger partial charge in [-0.15, -0.1) is 0 Å². The number of rotatable bonds is 33. The zero-order valence-corrected chi connectivity index (χ0v) is 60.9. The number of ether oxygens (including phenoxy) is 15. The van der Waals surface area contributed by atoms with E-state index < -0.39 is 116 Å². The molecule has 0 radical (unpaired) electrons. The number of esters is 4. The van der Waals surface area contributed by atoms with Gasteiger partial charge in [0.1, 0.15) is 61.5 Å². The quantitative estimate of drug-likeness (QED) is 0.0277. The van der Waals surface area contributed by atoms with E-state index in [-0.39, 0.29) is 81.7 Å². The number of benzene rings is 11.